The highest BCUT2D eigenvalue weighted by atomic mass is 15.3. The standard InChI is InChI=1S/C21H25N7/c1-16-18(14-27(2)25-16)12-21-24-20(9-8-17-6-4-3-5-7-17)26-28(21)11-10-19-13-22-15-23-19/h3-7,13-15H,8-12H2,1-2H3,(H,22,23). The zero-order valence-electron chi connectivity index (χ0n) is 16.3. The van der Waals surface area contributed by atoms with Crippen LogP contribution in [0.5, 0.6) is 0 Å². The van der Waals surface area contributed by atoms with E-state index in [4.69, 9.17) is 10.1 Å². The number of rotatable bonds is 8. The van der Waals surface area contributed by atoms with Crippen molar-refractivity contribution in [1.29, 1.82) is 0 Å². The van der Waals surface area contributed by atoms with Crippen molar-refractivity contribution in [3.63, 3.8) is 0 Å². The largest absolute Gasteiger partial charge is 0.348 e. The van der Waals surface area contributed by atoms with E-state index in [2.05, 4.69) is 45.5 Å². The molecule has 28 heavy (non-hydrogen) atoms. The monoisotopic (exact) mass is 375 g/mol. The Hall–Kier alpha value is -3.22. The van der Waals surface area contributed by atoms with Gasteiger partial charge in [-0.2, -0.15) is 10.2 Å². The van der Waals surface area contributed by atoms with Crippen molar-refractivity contribution in [2.75, 3.05) is 0 Å². The molecule has 4 aromatic rings. The van der Waals surface area contributed by atoms with Crippen LogP contribution in [0, 0.1) is 6.92 Å². The molecule has 1 N–H and O–H groups in total. The molecule has 0 aliphatic rings. The molecule has 3 heterocycles. The Labute approximate surface area is 164 Å². The average molecular weight is 375 g/mol. The van der Waals surface area contributed by atoms with Crippen molar-refractivity contribution < 1.29 is 0 Å². The van der Waals surface area contributed by atoms with E-state index < -0.39 is 0 Å². The van der Waals surface area contributed by atoms with E-state index in [9.17, 15) is 0 Å². The van der Waals surface area contributed by atoms with E-state index in [0.29, 0.717) is 0 Å². The van der Waals surface area contributed by atoms with Gasteiger partial charge in [-0.3, -0.25) is 4.68 Å². The molecule has 144 valence electrons. The summed E-state index contributed by atoms with van der Waals surface area (Å²) in [6, 6.07) is 10.5. The Bertz CT molecular complexity index is 1010. The first-order valence-electron chi connectivity index (χ1n) is 9.60. The van der Waals surface area contributed by atoms with Gasteiger partial charge in [0.1, 0.15) is 5.82 Å². The lowest BCUT2D eigenvalue weighted by molar-refractivity contribution is 0.576. The van der Waals surface area contributed by atoms with Crippen molar-refractivity contribution >= 4 is 0 Å². The number of H-pyrrole nitrogens is 1. The minimum absolute atomic E-state index is 0.737. The third-order valence-corrected chi connectivity index (χ3v) is 4.88. The fraction of sp³-hybridized carbons (Fsp3) is 0.333. The molecule has 7 nitrogen and oxygen atoms in total. The normalized spacial score (nSPS) is 11.2. The predicted molar refractivity (Wildman–Crippen MR) is 107 cm³/mol. The van der Waals surface area contributed by atoms with Gasteiger partial charge in [0.2, 0.25) is 0 Å². The van der Waals surface area contributed by atoms with Gasteiger partial charge < -0.3 is 4.98 Å². The molecule has 0 fully saturated rings. The zero-order chi connectivity index (χ0) is 19.3. The summed E-state index contributed by atoms with van der Waals surface area (Å²) in [7, 11) is 1.95. The van der Waals surface area contributed by atoms with Crippen LogP contribution in [0.1, 0.15) is 34.2 Å². The van der Waals surface area contributed by atoms with Gasteiger partial charge in [-0.15, -0.1) is 0 Å². The molecular weight excluding hydrogens is 350 g/mol. The highest BCUT2D eigenvalue weighted by molar-refractivity contribution is 5.21. The smallest absolute Gasteiger partial charge is 0.151 e. The molecule has 0 saturated heterocycles. The van der Waals surface area contributed by atoms with Gasteiger partial charge in [0, 0.05) is 56.5 Å². The first-order chi connectivity index (χ1) is 13.7. The molecule has 0 spiro atoms. The van der Waals surface area contributed by atoms with Crippen LogP contribution in [-0.2, 0) is 39.3 Å². The molecule has 1 aromatic carbocycles. The van der Waals surface area contributed by atoms with Crippen LogP contribution >= 0.6 is 0 Å². The van der Waals surface area contributed by atoms with Crippen molar-refractivity contribution in [3.8, 4) is 0 Å². The molecule has 0 amide bonds. The van der Waals surface area contributed by atoms with Crippen LogP contribution in [0.25, 0.3) is 0 Å². The summed E-state index contributed by atoms with van der Waals surface area (Å²) in [4.78, 5) is 12.1. The Kier molecular flexibility index (Phi) is 5.32. The molecule has 0 aliphatic carbocycles. The minimum atomic E-state index is 0.737. The molecule has 0 aliphatic heterocycles. The van der Waals surface area contributed by atoms with E-state index in [-0.39, 0.29) is 0 Å². The molecule has 0 atom stereocenters. The zero-order valence-corrected chi connectivity index (χ0v) is 16.3. The third-order valence-electron chi connectivity index (χ3n) is 4.88. The number of imidazole rings is 1. The van der Waals surface area contributed by atoms with E-state index in [1.807, 2.05) is 35.6 Å². The number of aromatic amines is 1. The van der Waals surface area contributed by atoms with Crippen LogP contribution in [0.15, 0.2) is 49.1 Å². The molecule has 0 saturated carbocycles. The number of aromatic nitrogens is 7. The first kappa shape index (κ1) is 18.2. The Balaban J connectivity index is 1.52. The highest BCUT2D eigenvalue weighted by Gasteiger charge is 2.14. The number of aryl methyl sites for hydroxylation is 6. The fourth-order valence-electron chi connectivity index (χ4n) is 3.38. The van der Waals surface area contributed by atoms with Gasteiger partial charge >= 0.3 is 0 Å². The van der Waals surface area contributed by atoms with Gasteiger partial charge in [0.25, 0.3) is 0 Å². The lowest BCUT2D eigenvalue weighted by atomic mass is 10.1. The number of nitrogens with one attached hydrogen (secondary N) is 1. The lowest BCUT2D eigenvalue weighted by Crippen LogP contribution is -2.09. The van der Waals surface area contributed by atoms with Gasteiger partial charge in [-0.05, 0) is 18.9 Å². The minimum Gasteiger partial charge on any atom is -0.348 e. The molecular formula is C21H25N7. The van der Waals surface area contributed by atoms with Crippen molar-refractivity contribution in [2.45, 2.75) is 39.2 Å². The van der Waals surface area contributed by atoms with Crippen LogP contribution < -0.4 is 0 Å². The SMILES string of the molecule is Cc1nn(C)cc1Cc1nc(CCc2ccccc2)nn1CCc1cnc[nH]1. The van der Waals surface area contributed by atoms with Crippen LogP contribution in [-0.4, -0.2) is 34.5 Å². The lowest BCUT2D eigenvalue weighted by Gasteiger charge is -2.04. The summed E-state index contributed by atoms with van der Waals surface area (Å²) in [5, 5.41) is 9.25. The number of benzene rings is 1. The molecule has 4 rings (SSSR count). The van der Waals surface area contributed by atoms with Crippen LogP contribution in [0.4, 0.5) is 0 Å². The number of hydrogen-bond acceptors (Lipinski definition) is 4. The highest BCUT2D eigenvalue weighted by Crippen LogP contribution is 2.13. The Morgan fingerprint density at radius 2 is 1.89 bits per heavy atom. The topological polar surface area (TPSA) is 77.2 Å². The van der Waals surface area contributed by atoms with Gasteiger partial charge in [-0.1, -0.05) is 30.3 Å². The van der Waals surface area contributed by atoms with Crippen LogP contribution in [0.3, 0.4) is 0 Å². The van der Waals surface area contributed by atoms with E-state index in [0.717, 1.165) is 55.3 Å². The summed E-state index contributed by atoms with van der Waals surface area (Å²) in [5.74, 6) is 1.88. The first-order valence-corrected chi connectivity index (χ1v) is 9.60. The number of hydrogen-bond donors (Lipinski definition) is 1. The van der Waals surface area contributed by atoms with Gasteiger partial charge in [0.15, 0.2) is 5.82 Å². The second-order valence-electron chi connectivity index (χ2n) is 7.07. The summed E-state index contributed by atoms with van der Waals surface area (Å²) in [5.41, 5.74) is 4.63. The Morgan fingerprint density at radius 1 is 1.04 bits per heavy atom. The molecule has 0 radical (unpaired) electrons. The summed E-state index contributed by atoms with van der Waals surface area (Å²) in [6.45, 7) is 2.81. The molecule has 0 bridgehead atoms. The van der Waals surface area contributed by atoms with Crippen molar-refractivity contribution in [1.82, 2.24) is 34.5 Å². The van der Waals surface area contributed by atoms with Crippen molar-refractivity contribution in [2.24, 2.45) is 7.05 Å². The Morgan fingerprint density at radius 3 is 2.61 bits per heavy atom. The molecule has 0 unspecified atom stereocenters. The van der Waals surface area contributed by atoms with Crippen molar-refractivity contribution in [3.05, 3.63) is 83.2 Å². The molecule has 7 heteroatoms. The van der Waals surface area contributed by atoms with E-state index in [1.54, 1.807) is 6.33 Å². The summed E-state index contributed by atoms with van der Waals surface area (Å²) >= 11 is 0. The fourth-order valence-corrected chi connectivity index (χ4v) is 3.38. The second-order valence-corrected chi connectivity index (χ2v) is 7.07. The van der Waals surface area contributed by atoms with Gasteiger partial charge in [-0.25, -0.2) is 14.6 Å². The molecule has 3 aromatic heterocycles. The number of nitrogens with zero attached hydrogens (tertiary/aromatic N) is 6. The third kappa shape index (κ3) is 4.36. The van der Waals surface area contributed by atoms with E-state index >= 15 is 0 Å². The van der Waals surface area contributed by atoms with Gasteiger partial charge in [0.05, 0.1) is 12.0 Å². The maximum Gasteiger partial charge on any atom is 0.151 e. The maximum atomic E-state index is 4.86. The quantitative estimate of drug-likeness (QED) is 0.514. The summed E-state index contributed by atoms with van der Waals surface area (Å²) in [6.07, 6.45) is 8.99. The summed E-state index contributed by atoms with van der Waals surface area (Å²) < 4.78 is 3.89. The second kappa shape index (κ2) is 8.21. The van der Waals surface area contributed by atoms with E-state index in [1.165, 1.54) is 11.1 Å². The average Bonchev–Trinajstić information content (AvgIpc) is 3.41. The van der Waals surface area contributed by atoms with Crippen LogP contribution in [0.2, 0.25) is 0 Å². The maximum absolute atomic E-state index is 4.86. The predicted octanol–water partition coefficient (Wildman–Crippen LogP) is 2.66.